The van der Waals surface area contributed by atoms with E-state index in [0.29, 0.717) is 12.1 Å². The van der Waals surface area contributed by atoms with Gasteiger partial charge in [0.1, 0.15) is 5.52 Å². The van der Waals surface area contributed by atoms with Gasteiger partial charge in [-0.15, -0.1) is 0 Å². The molecule has 0 saturated carbocycles. The average Bonchev–Trinajstić information content (AvgIpc) is 3.07. The minimum Gasteiger partial charge on any atom is -0.357 e. The van der Waals surface area contributed by atoms with E-state index in [-0.39, 0.29) is 5.56 Å². The molecule has 3 aromatic rings. The van der Waals surface area contributed by atoms with E-state index in [2.05, 4.69) is 22.4 Å². The molecule has 1 aromatic carbocycles. The molecule has 0 spiro atoms. The van der Waals surface area contributed by atoms with Crippen molar-refractivity contribution < 1.29 is 0 Å². The Balaban J connectivity index is 1.83. The van der Waals surface area contributed by atoms with Gasteiger partial charge in [0.15, 0.2) is 0 Å². The molecule has 0 amide bonds. The van der Waals surface area contributed by atoms with Gasteiger partial charge in [-0.1, -0.05) is 42.5 Å². The number of benzene rings is 1. The lowest BCUT2D eigenvalue weighted by Crippen LogP contribution is -2.22. The molecule has 0 aliphatic carbocycles. The molecule has 23 heavy (non-hydrogen) atoms. The quantitative estimate of drug-likeness (QED) is 0.687. The van der Waals surface area contributed by atoms with Crippen molar-refractivity contribution in [2.24, 2.45) is 0 Å². The fourth-order valence-electron chi connectivity index (χ4n) is 2.71. The number of pyridine rings is 1. The topological polar surface area (TPSA) is 49.8 Å². The number of rotatable bonds is 6. The van der Waals surface area contributed by atoms with Gasteiger partial charge in [-0.05, 0) is 24.1 Å². The standard InChI is InChI=1S/C19H21N3O/c1-2-3-11-22-14-16(17-9-10-21-18(17)19(22)23)13-20-12-15-7-5-4-6-8-15/h2-10,14,20-21H,11-13H2,1H3/b3-2+. The molecule has 118 valence electrons. The summed E-state index contributed by atoms with van der Waals surface area (Å²) in [6.45, 7) is 4.08. The van der Waals surface area contributed by atoms with Crippen molar-refractivity contribution in [2.45, 2.75) is 26.6 Å². The summed E-state index contributed by atoms with van der Waals surface area (Å²) in [7, 11) is 0. The Morgan fingerprint density at radius 1 is 1.17 bits per heavy atom. The molecule has 4 heteroatoms. The van der Waals surface area contributed by atoms with E-state index in [9.17, 15) is 4.79 Å². The third-order valence-corrected chi connectivity index (χ3v) is 3.90. The number of aromatic nitrogens is 2. The number of hydrogen-bond donors (Lipinski definition) is 2. The highest BCUT2D eigenvalue weighted by atomic mass is 16.1. The molecule has 2 N–H and O–H groups in total. The monoisotopic (exact) mass is 307 g/mol. The van der Waals surface area contributed by atoms with E-state index in [1.165, 1.54) is 5.56 Å². The lowest BCUT2D eigenvalue weighted by Gasteiger charge is -2.10. The first kappa shape index (κ1) is 15.3. The second kappa shape index (κ2) is 7.11. The molecule has 2 heterocycles. The third-order valence-electron chi connectivity index (χ3n) is 3.90. The van der Waals surface area contributed by atoms with Crippen molar-refractivity contribution in [3.63, 3.8) is 0 Å². The third kappa shape index (κ3) is 3.43. The second-order valence-electron chi connectivity index (χ2n) is 5.54. The van der Waals surface area contributed by atoms with Crippen LogP contribution in [0.15, 0.2) is 65.7 Å². The number of fused-ring (bicyclic) bond motifs is 1. The SMILES string of the molecule is C/C=C/Cn1cc(CNCc2ccccc2)c2cc[nH]c2c1=O. The molecule has 0 saturated heterocycles. The summed E-state index contributed by atoms with van der Waals surface area (Å²) < 4.78 is 1.75. The summed E-state index contributed by atoms with van der Waals surface area (Å²) >= 11 is 0. The van der Waals surface area contributed by atoms with Gasteiger partial charge in [0.25, 0.3) is 5.56 Å². The zero-order valence-corrected chi connectivity index (χ0v) is 13.3. The molecular weight excluding hydrogens is 286 g/mol. The second-order valence-corrected chi connectivity index (χ2v) is 5.54. The number of nitrogens with zero attached hydrogens (tertiary/aromatic N) is 1. The first-order chi connectivity index (χ1) is 11.3. The number of aromatic amines is 1. The summed E-state index contributed by atoms with van der Waals surface area (Å²) in [5, 5.41) is 4.45. The Kier molecular flexibility index (Phi) is 4.74. The van der Waals surface area contributed by atoms with E-state index in [1.54, 1.807) is 4.57 Å². The minimum absolute atomic E-state index is 0.0231. The van der Waals surface area contributed by atoms with Gasteiger partial charge in [-0.25, -0.2) is 0 Å². The van der Waals surface area contributed by atoms with Gasteiger partial charge in [-0.3, -0.25) is 4.79 Å². The van der Waals surface area contributed by atoms with Crippen LogP contribution in [0.3, 0.4) is 0 Å². The number of hydrogen-bond acceptors (Lipinski definition) is 2. The van der Waals surface area contributed by atoms with Crippen LogP contribution in [-0.4, -0.2) is 9.55 Å². The summed E-state index contributed by atoms with van der Waals surface area (Å²) in [5.74, 6) is 0. The first-order valence-corrected chi connectivity index (χ1v) is 7.85. The van der Waals surface area contributed by atoms with E-state index < -0.39 is 0 Å². The van der Waals surface area contributed by atoms with Crippen LogP contribution >= 0.6 is 0 Å². The fourth-order valence-corrected chi connectivity index (χ4v) is 2.71. The Hall–Kier alpha value is -2.59. The van der Waals surface area contributed by atoms with Crippen LogP contribution in [0.4, 0.5) is 0 Å². The first-order valence-electron chi connectivity index (χ1n) is 7.85. The zero-order valence-electron chi connectivity index (χ0n) is 13.3. The Morgan fingerprint density at radius 2 is 2.00 bits per heavy atom. The van der Waals surface area contributed by atoms with Crippen LogP contribution < -0.4 is 10.9 Å². The lowest BCUT2D eigenvalue weighted by atomic mass is 10.1. The summed E-state index contributed by atoms with van der Waals surface area (Å²) in [5.41, 5.74) is 3.07. The molecule has 0 radical (unpaired) electrons. The molecule has 0 bridgehead atoms. The van der Waals surface area contributed by atoms with Gasteiger partial charge < -0.3 is 14.9 Å². The maximum atomic E-state index is 12.4. The van der Waals surface area contributed by atoms with Crippen molar-refractivity contribution in [2.75, 3.05) is 0 Å². The Labute approximate surface area is 135 Å². The van der Waals surface area contributed by atoms with E-state index in [1.807, 2.05) is 55.7 Å². The van der Waals surface area contributed by atoms with Crippen LogP contribution in [0.1, 0.15) is 18.1 Å². The van der Waals surface area contributed by atoms with Crippen molar-refractivity contribution in [1.29, 1.82) is 0 Å². The summed E-state index contributed by atoms with van der Waals surface area (Å²) in [4.78, 5) is 15.5. The van der Waals surface area contributed by atoms with E-state index >= 15 is 0 Å². The molecule has 0 unspecified atom stereocenters. The zero-order chi connectivity index (χ0) is 16.1. The van der Waals surface area contributed by atoms with Crippen LogP contribution in [-0.2, 0) is 19.6 Å². The van der Waals surface area contributed by atoms with Gasteiger partial charge >= 0.3 is 0 Å². The van der Waals surface area contributed by atoms with Crippen LogP contribution in [0, 0.1) is 0 Å². The van der Waals surface area contributed by atoms with Gasteiger partial charge in [-0.2, -0.15) is 0 Å². The maximum absolute atomic E-state index is 12.4. The molecule has 0 fully saturated rings. The predicted molar refractivity (Wildman–Crippen MR) is 94.4 cm³/mol. The highest BCUT2D eigenvalue weighted by Crippen LogP contribution is 2.14. The fraction of sp³-hybridized carbons (Fsp3) is 0.211. The van der Waals surface area contributed by atoms with Gasteiger partial charge in [0.05, 0.1) is 0 Å². The average molecular weight is 307 g/mol. The van der Waals surface area contributed by atoms with E-state index in [0.717, 1.165) is 24.0 Å². The Bertz CT molecular complexity index is 859. The van der Waals surface area contributed by atoms with Gasteiger partial charge in [0, 0.05) is 37.4 Å². The smallest absolute Gasteiger partial charge is 0.275 e. The molecule has 4 nitrogen and oxygen atoms in total. The van der Waals surface area contributed by atoms with Crippen molar-refractivity contribution in [3.8, 4) is 0 Å². The molecule has 0 atom stereocenters. The van der Waals surface area contributed by atoms with Crippen molar-refractivity contribution >= 4 is 10.9 Å². The van der Waals surface area contributed by atoms with Crippen molar-refractivity contribution in [3.05, 3.63) is 82.4 Å². The number of allylic oxidation sites excluding steroid dienone is 2. The molecule has 0 aliphatic heterocycles. The molecule has 3 rings (SSSR count). The van der Waals surface area contributed by atoms with Crippen LogP contribution in [0.2, 0.25) is 0 Å². The highest BCUT2D eigenvalue weighted by molar-refractivity contribution is 5.81. The highest BCUT2D eigenvalue weighted by Gasteiger charge is 2.09. The number of H-pyrrole nitrogens is 1. The van der Waals surface area contributed by atoms with Crippen LogP contribution in [0.5, 0.6) is 0 Å². The van der Waals surface area contributed by atoms with Gasteiger partial charge in [0.2, 0.25) is 0 Å². The minimum atomic E-state index is 0.0231. The molecule has 2 aromatic heterocycles. The Morgan fingerprint density at radius 3 is 2.78 bits per heavy atom. The summed E-state index contributed by atoms with van der Waals surface area (Å²) in [6, 6.07) is 12.3. The van der Waals surface area contributed by atoms with Crippen molar-refractivity contribution in [1.82, 2.24) is 14.9 Å². The maximum Gasteiger partial charge on any atom is 0.275 e. The largest absolute Gasteiger partial charge is 0.357 e. The predicted octanol–water partition coefficient (Wildman–Crippen LogP) is 3.20. The normalized spacial score (nSPS) is 11.5. The van der Waals surface area contributed by atoms with Crippen LogP contribution in [0.25, 0.3) is 10.9 Å². The summed E-state index contributed by atoms with van der Waals surface area (Å²) in [6.07, 6.45) is 7.72. The lowest BCUT2D eigenvalue weighted by molar-refractivity contribution is 0.683. The van der Waals surface area contributed by atoms with E-state index in [4.69, 9.17) is 0 Å². The number of nitrogens with one attached hydrogen (secondary N) is 2. The molecular formula is C19H21N3O. The molecule has 0 aliphatic rings.